The van der Waals surface area contributed by atoms with Gasteiger partial charge >= 0.3 is 0 Å². The van der Waals surface area contributed by atoms with Gasteiger partial charge in [0.2, 0.25) is 0 Å². The van der Waals surface area contributed by atoms with Crippen LogP contribution in [0.1, 0.15) is 31.7 Å². The summed E-state index contributed by atoms with van der Waals surface area (Å²) < 4.78 is 28.8. The summed E-state index contributed by atoms with van der Waals surface area (Å²) in [5.41, 5.74) is 1.04. The predicted molar refractivity (Wildman–Crippen MR) is 70.8 cm³/mol. The molecule has 1 aromatic rings. The quantitative estimate of drug-likeness (QED) is 0.744. The lowest BCUT2D eigenvalue weighted by Crippen LogP contribution is -2.08. The molecule has 0 heterocycles. The molecule has 0 spiro atoms. The van der Waals surface area contributed by atoms with Crippen molar-refractivity contribution >= 4 is 10.1 Å². The molecule has 0 aliphatic heterocycles. The Morgan fingerprint density at radius 2 is 1.89 bits per heavy atom. The Balaban J connectivity index is 1.86. The van der Waals surface area contributed by atoms with E-state index >= 15 is 0 Å². The van der Waals surface area contributed by atoms with Crippen molar-refractivity contribution in [2.24, 2.45) is 11.8 Å². The fraction of sp³-hybridized carbons (Fsp3) is 0.571. The van der Waals surface area contributed by atoms with E-state index in [1.165, 1.54) is 12.8 Å². The molecule has 0 radical (unpaired) electrons. The van der Waals surface area contributed by atoms with Crippen LogP contribution in [0, 0.1) is 18.8 Å². The van der Waals surface area contributed by atoms with Gasteiger partial charge in [0.1, 0.15) is 0 Å². The van der Waals surface area contributed by atoms with Crippen LogP contribution in [0.15, 0.2) is 29.2 Å². The molecule has 1 fully saturated rings. The van der Waals surface area contributed by atoms with Gasteiger partial charge in [-0.25, -0.2) is 0 Å². The number of benzene rings is 1. The van der Waals surface area contributed by atoms with E-state index in [-0.39, 0.29) is 4.90 Å². The Kier molecular flexibility index (Phi) is 4.07. The summed E-state index contributed by atoms with van der Waals surface area (Å²) >= 11 is 0. The highest BCUT2D eigenvalue weighted by atomic mass is 32.2. The van der Waals surface area contributed by atoms with Crippen molar-refractivity contribution < 1.29 is 12.6 Å². The van der Waals surface area contributed by atoms with Crippen molar-refractivity contribution in [3.63, 3.8) is 0 Å². The minimum absolute atomic E-state index is 0.246. The summed E-state index contributed by atoms with van der Waals surface area (Å²) in [6.45, 7) is 4.40. The van der Waals surface area contributed by atoms with E-state index in [1.807, 2.05) is 6.92 Å². The summed E-state index contributed by atoms with van der Waals surface area (Å²) in [5.74, 6) is 1.46. The molecule has 18 heavy (non-hydrogen) atoms. The van der Waals surface area contributed by atoms with E-state index in [4.69, 9.17) is 4.18 Å². The van der Waals surface area contributed by atoms with Gasteiger partial charge in [-0.05, 0) is 43.7 Å². The van der Waals surface area contributed by atoms with Crippen molar-refractivity contribution in [2.45, 2.75) is 38.0 Å². The van der Waals surface area contributed by atoms with Gasteiger partial charge in [0.05, 0.1) is 11.5 Å². The smallest absolute Gasteiger partial charge is 0.266 e. The first kappa shape index (κ1) is 13.6. The Bertz CT molecular complexity index is 490. The fourth-order valence-electron chi connectivity index (χ4n) is 2.25. The second kappa shape index (κ2) is 5.41. The molecule has 1 aliphatic rings. The minimum Gasteiger partial charge on any atom is -0.266 e. The maximum absolute atomic E-state index is 11.9. The lowest BCUT2D eigenvalue weighted by Gasteiger charge is -2.05. The summed E-state index contributed by atoms with van der Waals surface area (Å²) in [6, 6.07) is 6.75. The zero-order chi connectivity index (χ0) is 13.2. The highest BCUT2D eigenvalue weighted by molar-refractivity contribution is 7.86. The Morgan fingerprint density at radius 1 is 1.22 bits per heavy atom. The van der Waals surface area contributed by atoms with Gasteiger partial charge in [-0.2, -0.15) is 8.42 Å². The normalized spacial score (nSPS) is 23.0. The second-order valence-corrected chi connectivity index (χ2v) is 6.66. The van der Waals surface area contributed by atoms with Crippen LogP contribution in [0.2, 0.25) is 0 Å². The van der Waals surface area contributed by atoms with E-state index in [2.05, 4.69) is 6.92 Å². The molecule has 1 aromatic carbocycles. The third-order valence-corrected chi connectivity index (χ3v) is 4.96. The van der Waals surface area contributed by atoms with Crippen LogP contribution in [0.5, 0.6) is 0 Å². The average Bonchev–Trinajstić information content (AvgIpc) is 3.08. The predicted octanol–water partition coefficient (Wildman–Crippen LogP) is 3.14. The van der Waals surface area contributed by atoms with Crippen molar-refractivity contribution in [3.8, 4) is 0 Å². The zero-order valence-corrected chi connectivity index (χ0v) is 11.7. The first-order valence-corrected chi connectivity index (χ1v) is 7.90. The maximum atomic E-state index is 11.9. The monoisotopic (exact) mass is 268 g/mol. The van der Waals surface area contributed by atoms with Crippen LogP contribution < -0.4 is 0 Å². The summed E-state index contributed by atoms with van der Waals surface area (Å²) in [5, 5.41) is 0. The summed E-state index contributed by atoms with van der Waals surface area (Å²) in [6.07, 6.45) is 3.27. The third-order valence-electron chi connectivity index (χ3n) is 3.63. The molecule has 0 saturated heterocycles. The first-order chi connectivity index (χ1) is 8.53. The molecular weight excluding hydrogens is 248 g/mol. The van der Waals surface area contributed by atoms with Gasteiger partial charge in [-0.1, -0.05) is 31.0 Å². The van der Waals surface area contributed by atoms with E-state index in [0.29, 0.717) is 12.5 Å². The SMILES string of the molecule is CC[C@@H]1C[C@@H]1CCOS(=O)(=O)c1ccc(C)cc1. The molecule has 2 rings (SSSR count). The van der Waals surface area contributed by atoms with Crippen LogP contribution >= 0.6 is 0 Å². The van der Waals surface area contributed by atoms with Crippen LogP contribution in [-0.2, 0) is 14.3 Å². The molecule has 0 bridgehead atoms. The Labute approximate surface area is 109 Å². The molecule has 100 valence electrons. The number of rotatable bonds is 6. The molecule has 4 heteroatoms. The molecule has 2 atom stereocenters. The van der Waals surface area contributed by atoms with E-state index in [1.54, 1.807) is 24.3 Å². The van der Waals surface area contributed by atoms with E-state index in [9.17, 15) is 8.42 Å². The van der Waals surface area contributed by atoms with Crippen molar-refractivity contribution in [2.75, 3.05) is 6.61 Å². The Hall–Kier alpha value is -0.870. The van der Waals surface area contributed by atoms with Gasteiger partial charge in [0.15, 0.2) is 0 Å². The standard InChI is InChI=1S/C14H20O3S/c1-3-12-10-13(12)8-9-17-18(15,16)14-6-4-11(2)5-7-14/h4-7,12-13H,3,8-10H2,1-2H3/t12-,13+/m1/s1. The third kappa shape index (κ3) is 3.33. The zero-order valence-electron chi connectivity index (χ0n) is 10.9. The number of hydrogen-bond donors (Lipinski definition) is 0. The van der Waals surface area contributed by atoms with Crippen molar-refractivity contribution in [1.82, 2.24) is 0 Å². The van der Waals surface area contributed by atoms with E-state index in [0.717, 1.165) is 17.9 Å². The van der Waals surface area contributed by atoms with Crippen molar-refractivity contribution in [3.05, 3.63) is 29.8 Å². The first-order valence-electron chi connectivity index (χ1n) is 6.49. The topological polar surface area (TPSA) is 43.4 Å². The minimum atomic E-state index is -3.57. The molecule has 0 N–H and O–H groups in total. The molecule has 0 unspecified atom stereocenters. The Morgan fingerprint density at radius 3 is 2.44 bits per heavy atom. The van der Waals surface area contributed by atoms with Gasteiger partial charge in [0.25, 0.3) is 10.1 Å². The summed E-state index contributed by atoms with van der Waals surface area (Å²) in [7, 11) is -3.57. The van der Waals surface area contributed by atoms with E-state index < -0.39 is 10.1 Å². The van der Waals surface area contributed by atoms with Crippen LogP contribution in [0.3, 0.4) is 0 Å². The van der Waals surface area contributed by atoms with Crippen LogP contribution in [-0.4, -0.2) is 15.0 Å². The number of hydrogen-bond acceptors (Lipinski definition) is 3. The van der Waals surface area contributed by atoms with Gasteiger partial charge in [-0.15, -0.1) is 0 Å². The van der Waals surface area contributed by atoms with Crippen molar-refractivity contribution in [1.29, 1.82) is 0 Å². The molecule has 1 aliphatic carbocycles. The second-order valence-electron chi connectivity index (χ2n) is 5.04. The van der Waals surface area contributed by atoms with Crippen LogP contribution in [0.25, 0.3) is 0 Å². The summed E-state index contributed by atoms with van der Waals surface area (Å²) in [4.78, 5) is 0.246. The molecule has 3 nitrogen and oxygen atoms in total. The average molecular weight is 268 g/mol. The lowest BCUT2D eigenvalue weighted by molar-refractivity contribution is 0.301. The highest BCUT2D eigenvalue weighted by Crippen LogP contribution is 2.43. The van der Waals surface area contributed by atoms with Gasteiger partial charge in [-0.3, -0.25) is 4.18 Å². The molecule has 0 aromatic heterocycles. The fourth-order valence-corrected chi connectivity index (χ4v) is 3.17. The molecule has 1 saturated carbocycles. The maximum Gasteiger partial charge on any atom is 0.296 e. The highest BCUT2D eigenvalue weighted by Gasteiger charge is 2.34. The number of aryl methyl sites for hydroxylation is 1. The molecule has 0 amide bonds. The van der Waals surface area contributed by atoms with Gasteiger partial charge < -0.3 is 0 Å². The molecular formula is C14H20O3S. The van der Waals surface area contributed by atoms with Gasteiger partial charge in [0, 0.05) is 0 Å². The van der Waals surface area contributed by atoms with Crippen LogP contribution in [0.4, 0.5) is 0 Å². The largest absolute Gasteiger partial charge is 0.296 e. The lowest BCUT2D eigenvalue weighted by atomic mass is 10.2.